The van der Waals surface area contributed by atoms with E-state index >= 15 is 0 Å². The maximum Gasteiger partial charge on any atom is 0.287 e. The summed E-state index contributed by atoms with van der Waals surface area (Å²) in [5, 5.41) is 7.56. The number of carbonyl (C=O) groups excluding carboxylic acids is 1. The number of nitrogens with one attached hydrogen (secondary N) is 1. The second kappa shape index (κ2) is 9.14. The third-order valence-corrected chi connectivity index (χ3v) is 5.61. The fourth-order valence-corrected chi connectivity index (χ4v) is 3.54. The van der Waals surface area contributed by atoms with Crippen LogP contribution in [0.1, 0.15) is 44.4 Å². The van der Waals surface area contributed by atoms with Crippen LogP contribution in [0.2, 0.25) is 0 Å². The van der Waals surface area contributed by atoms with Crippen molar-refractivity contribution in [1.29, 1.82) is 0 Å². The Morgan fingerprint density at radius 1 is 1.00 bits per heavy atom. The van der Waals surface area contributed by atoms with Gasteiger partial charge in [0.2, 0.25) is 0 Å². The lowest BCUT2D eigenvalue weighted by Crippen LogP contribution is -2.23. The van der Waals surface area contributed by atoms with Gasteiger partial charge in [0, 0.05) is 17.8 Å². The number of aromatic nitrogens is 2. The number of hydrogen-bond acceptors (Lipinski definition) is 4. The third-order valence-electron chi connectivity index (χ3n) is 5.61. The number of rotatable bonds is 7. The van der Waals surface area contributed by atoms with Crippen molar-refractivity contribution in [1.82, 2.24) is 15.1 Å². The zero-order chi connectivity index (χ0) is 22.7. The molecule has 0 atom stereocenters. The largest absolute Gasteiger partial charge is 0.486 e. The number of ether oxygens (including phenoxy) is 1. The van der Waals surface area contributed by atoms with Gasteiger partial charge in [0.25, 0.3) is 5.91 Å². The Bertz CT molecular complexity index is 1240. The van der Waals surface area contributed by atoms with Gasteiger partial charge in [-0.05, 0) is 75.2 Å². The molecule has 4 aromatic rings. The molecule has 1 N–H and O–H groups in total. The molecule has 0 unspecified atom stereocenters. The first kappa shape index (κ1) is 21.4. The van der Waals surface area contributed by atoms with Gasteiger partial charge in [-0.3, -0.25) is 4.79 Å². The molecule has 0 bridgehead atoms. The molecule has 2 heterocycles. The van der Waals surface area contributed by atoms with Gasteiger partial charge >= 0.3 is 0 Å². The smallest absolute Gasteiger partial charge is 0.287 e. The van der Waals surface area contributed by atoms with Gasteiger partial charge in [0.15, 0.2) is 5.76 Å². The second-order valence-electron chi connectivity index (χ2n) is 7.88. The number of nitrogens with zero attached hydrogens (tertiary/aromatic N) is 2. The van der Waals surface area contributed by atoms with Crippen molar-refractivity contribution in [3.05, 3.63) is 100 Å². The summed E-state index contributed by atoms with van der Waals surface area (Å²) < 4.78 is 13.4. The van der Waals surface area contributed by atoms with E-state index in [4.69, 9.17) is 9.15 Å². The summed E-state index contributed by atoms with van der Waals surface area (Å²) >= 11 is 0. The first-order valence-corrected chi connectivity index (χ1v) is 10.6. The standard InChI is InChI=1S/C26H27N3O3/c1-17-10-11-22(14-18(17)2)31-16-23-12-13-25(32-23)26(30)27-15-24-19(3)28-29(20(24)4)21-8-6-5-7-9-21/h5-14H,15-16H2,1-4H3,(H,27,30). The number of carbonyl (C=O) groups is 1. The molecule has 6 nitrogen and oxygen atoms in total. The molecule has 2 aromatic heterocycles. The van der Waals surface area contributed by atoms with E-state index in [0.29, 0.717) is 12.3 Å². The van der Waals surface area contributed by atoms with E-state index in [1.54, 1.807) is 12.1 Å². The summed E-state index contributed by atoms with van der Waals surface area (Å²) in [6.45, 7) is 8.69. The molecule has 0 saturated heterocycles. The molecule has 0 aliphatic rings. The predicted octanol–water partition coefficient (Wildman–Crippen LogP) is 5.21. The van der Waals surface area contributed by atoms with Crippen LogP contribution in [0.15, 0.2) is 65.1 Å². The van der Waals surface area contributed by atoms with Gasteiger partial charge < -0.3 is 14.5 Å². The van der Waals surface area contributed by atoms with Crippen molar-refractivity contribution >= 4 is 5.91 Å². The first-order valence-electron chi connectivity index (χ1n) is 10.6. The molecule has 164 valence electrons. The van der Waals surface area contributed by atoms with E-state index in [-0.39, 0.29) is 18.3 Å². The average Bonchev–Trinajstić information content (AvgIpc) is 3.38. The predicted molar refractivity (Wildman–Crippen MR) is 123 cm³/mol. The van der Waals surface area contributed by atoms with Crippen LogP contribution < -0.4 is 10.1 Å². The monoisotopic (exact) mass is 429 g/mol. The van der Waals surface area contributed by atoms with Crippen molar-refractivity contribution in [2.75, 3.05) is 0 Å². The topological polar surface area (TPSA) is 69.3 Å². The minimum atomic E-state index is -0.270. The maximum atomic E-state index is 12.6. The van der Waals surface area contributed by atoms with Gasteiger partial charge in [0.05, 0.1) is 11.4 Å². The number of benzene rings is 2. The van der Waals surface area contributed by atoms with Crippen LogP contribution in [-0.2, 0) is 13.2 Å². The summed E-state index contributed by atoms with van der Waals surface area (Å²) in [4.78, 5) is 12.6. The second-order valence-corrected chi connectivity index (χ2v) is 7.88. The molecule has 32 heavy (non-hydrogen) atoms. The maximum absolute atomic E-state index is 12.6. The Morgan fingerprint density at radius 3 is 2.53 bits per heavy atom. The van der Waals surface area contributed by atoms with E-state index < -0.39 is 0 Å². The molecule has 1 amide bonds. The number of aryl methyl sites for hydroxylation is 3. The van der Waals surface area contributed by atoms with Crippen molar-refractivity contribution in [2.24, 2.45) is 0 Å². The van der Waals surface area contributed by atoms with Crippen LogP contribution in [0.4, 0.5) is 0 Å². The quantitative estimate of drug-likeness (QED) is 0.438. The minimum Gasteiger partial charge on any atom is -0.486 e. The summed E-state index contributed by atoms with van der Waals surface area (Å²) in [6.07, 6.45) is 0. The van der Waals surface area contributed by atoms with E-state index in [0.717, 1.165) is 28.4 Å². The lowest BCUT2D eigenvalue weighted by molar-refractivity contribution is 0.0919. The molecular weight excluding hydrogens is 402 g/mol. The molecule has 0 spiro atoms. The zero-order valence-corrected chi connectivity index (χ0v) is 18.8. The fourth-order valence-electron chi connectivity index (χ4n) is 3.54. The average molecular weight is 430 g/mol. The van der Waals surface area contributed by atoms with Crippen molar-refractivity contribution in [3.8, 4) is 11.4 Å². The van der Waals surface area contributed by atoms with Crippen LogP contribution in [-0.4, -0.2) is 15.7 Å². The Labute approximate surface area is 187 Å². The molecule has 0 aliphatic heterocycles. The number of hydrogen-bond donors (Lipinski definition) is 1. The van der Waals surface area contributed by atoms with Crippen molar-refractivity contribution in [3.63, 3.8) is 0 Å². The van der Waals surface area contributed by atoms with Gasteiger partial charge in [-0.15, -0.1) is 0 Å². The fraction of sp³-hybridized carbons (Fsp3) is 0.231. The summed E-state index contributed by atoms with van der Waals surface area (Å²) in [6, 6.07) is 19.3. The van der Waals surface area contributed by atoms with Crippen LogP contribution >= 0.6 is 0 Å². The molecule has 0 saturated carbocycles. The normalized spacial score (nSPS) is 10.9. The van der Waals surface area contributed by atoms with E-state index in [9.17, 15) is 4.79 Å². The van der Waals surface area contributed by atoms with Crippen LogP contribution in [0.25, 0.3) is 5.69 Å². The van der Waals surface area contributed by atoms with Gasteiger partial charge in [-0.2, -0.15) is 5.10 Å². The van der Waals surface area contributed by atoms with E-state index in [1.165, 1.54) is 11.1 Å². The van der Waals surface area contributed by atoms with Gasteiger partial charge in [-0.25, -0.2) is 4.68 Å². The van der Waals surface area contributed by atoms with Crippen LogP contribution in [0.3, 0.4) is 0 Å². The highest BCUT2D eigenvalue weighted by molar-refractivity contribution is 5.91. The van der Waals surface area contributed by atoms with E-state index in [2.05, 4.69) is 17.3 Å². The Kier molecular flexibility index (Phi) is 6.12. The number of para-hydroxylation sites is 1. The lowest BCUT2D eigenvalue weighted by atomic mass is 10.1. The molecule has 0 aliphatic carbocycles. The molecule has 0 radical (unpaired) electrons. The number of amides is 1. The molecule has 6 heteroatoms. The highest BCUT2D eigenvalue weighted by Gasteiger charge is 2.16. The van der Waals surface area contributed by atoms with E-state index in [1.807, 2.05) is 74.0 Å². The van der Waals surface area contributed by atoms with Gasteiger partial charge in [-0.1, -0.05) is 24.3 Å². The molecule has 0 fully saturated rings. The summed E-state index contributed by atoms with van der Waals surface area (Å²) in [5.41, 5.74) is 6.25. The van der Waals surface area contributed by atoms with Crippen molar-refractivity contribution in [2.45, 2.75) is 40.8 Å². The van der Waals surface area contributed by atoms with Gasteiger partial charge in [0.1, 0.15) is 18.1 Å². The Balaban J connectivity index is 1.37. The first-order chi connectivity index (χ1) is 15.4. The minimum absolute atomic E-state index is 0.259. The van der Waals surface area contributed by atoms with Crippen LogP contribution in [0.5, 0.6) is 5.75 Å². The van der Waals surface area contributed by atoms with Crippen LogP contribution in [0, 0.1) is 27.7 Å². The molecule has 4 rings (SSSR count). The summed E-state index contributed by atoms with van der Waals surface area (Å²) in [7, 11) is 0. The highest BCUT2D eigenvalue weighted by atomic mass is 16.5. The van der Waals surface area contributed by atoms with Crippen molar-refractivity contribution < 1.29 is 13.9 Å². The third kappa shape index (κ3) is 4.59. The molecular formula is C26H27N3O3. The Morgan fingerprint density at radius 2 is 1.78 bits per heavy atom. The highest BCUT2D eigenvalue weighted by Crippen LogP contribution is 2.20. The number of furan rings is 1. The SMILES string of the molecule is Cc1ccc(OCc2ccc(C(=O)NCc3c(C)nn(-c4ccccc4)c3C)o2)cc1C. The zero-order valence-electron chi connectivity index (χ0n) is 18.8. The summed E-state index contributed by atoms with van der Waals surface area (Å²) in [5.74, 6) is 1.36. The lowest BCUT2D eigenvalue weighted by Gasteiger charge is -2.07. The Hall–Kier alpha value is -3.80. The molecule has 2 aromatic carbocycles.